The molecule has 8 heteroatoms. The predicted molar refractivity (Wildman–Crippen MR) is 66.0 cm³/mol. The lowest BCUT2D eigenvalue weighted by Gasteiger charge is -2.21. The summed E-state index contributed by atoms with van der Waals surface area (Å²) in [7, 11) is 0. The summed E-state index contributed by atoms with van der Waals surface area (Å²) in [4.78, 5) is 12.9. The van der Waals surface area contributed by atoms with Gasteiger partial charge in [-0.1, -0.05) is 0 Å². The molecule has 1 saturated heterocycles. The molecule has 6 nitrogen and oxygen atoms in total. The van der Waals surface area contributed by atoms with E-state index in [1.54, 1.807) is 0 Å². The summed E-state index contributed by atoms with van der Waals surface area (Å²) >= 11 is 0. The van der Waals surface area contributed by atoms with Gasteiger partial charge in [0.25, 0.3) is 5.88 Å². The maximum Gasteiger partial charge on any atom is 0.414 e. The fourth-order valence-corrected chi connectivity index (χ4v) is 2.04. The summed E-state index contributed by atoms with van der Waals surface area (Å²) in [5, 5.41) is 3.56. The lowest BCUT2D eigenvalue weighted by atomic mass is 10.2. The topological polar surface area (TPSA) is 64.8 Å². The fourth-order valence-electron chi connectivity index (χ4n) is 2.04. The van der Waals surface area contributed by atoms with Crippen LogP contribution >= 0.6 is 0 Å². The van der Waals surface area contributed by atoms with Gasteiger partial charge in [0.2, 0.25) is 0 Å². The Hall–Kier alpha value is -2.64. The number of carbonyl (C=O) groups excluding carboxylic acids is 1. The predicted octanol–water partition coefficient (Wildman–Crippen LogP) is 2.36. The van der Waals surface area contributed by atoms with Crippen molar-refractivity contribution in [1.29, 1.82) is 0 Å². The van der Waals surface area contributed by atoms with Crippen LogP contribution in [-0.4, -0.2) is 30.5 Å². The Morgan fingerprint density at radius 3 is 2.76 bits per heavy atom. The minimum atomic E-state index is -0.777. The van der Waals surface area contributed by atoms with Crippen LogP contribution in [0.25, 0.3) is 0 Å². The first-order chi connectivity index (χ1) is 10.1. The molecule has 1 aliphatic rings. The van der Waals surface area contributed by atoms with Gasteiger partial charge in [-0.15, -0.1) is 0 Å². The van der Waals surface area contributed by atoms with Crippen LogP contribution in [0, 0.1) is 11.6 Å². The van der Waals surface area contributed by atoms with Crippen LogP contribution in [0.15, 0.2) is 35.1 Å². The Morgan fingerprint density at radius 1 is 1.33 bits per heavy atom. The number of carbonyl (C=O) groups is 1. The van der Waals surface area contributed by atoms with E-state index in [0.29, 0.717) is 0 Å². The van der Waals surface area contributed by atoms with Gasteiger partial charge in [0, 0.05) is 12.1 Å². The molecule has 2 aromatic rings. The maximum atomic E-state index is 13.3. The standard InChI is InChI=1S/C13H10F2N2O4/c14-8-3-9(15)5-10(4-8)17-11(7-20-13(17)18)6-19-12-1-2-21-16-12/h1-5,11H,6-7H2/t11-/m1/s1. The molecule has 21 heavy (non-hydrogen) atoms. The van der Waals surface area contributed by atoms with Gasteiger partial charge in [-0.25, -0.2) is 13.6 Å². The highest BCUT2D eigenvalue weighted by Gasteiger charge is 2.35. The number of anilines is 1. The van der Waals surface area contributed by atoms with Crippen molar-refractivity contribution in [2.45, 2.75) is 6.04 Å². The van der Waals surface area contributed by atoms with Crippen molar-refractivity contribution in [3.05, 3.63) is 42.2 Å². The van der Waals surface area contributed by atoms with E-state index >= 15 is 0 Å². The fraction of sp³-hybridized carbons (Fsp3) is 0.231. The van der Waals surface area contributed by atoms with Gasteiger partial charge in [-0.2, -0.15) is 0 Å². The lowest BCUT2D eigenvalue weighted by molar-refractivity contribution is 0.174. The minimum absolute atomic E-state index is 0.0504. The Morgan fingerprint density at radius 2 is 2.10 bits per heavy atom. The van der Waals surface area contributed by atoms with Crippen molar-refractivity contribution >= 4 is 11.8 Å². The van der Waals surface area contributed by atoms with Gasteiger partial charge >= 0.3 is 6.09 Å². The number of halogens is 2. The normalized spacial score (nSPS) is 17.9. The summed E-state index contributed by atoms with van der Waals surface area (Å²) in [6.07, 6.45) is 0.652. The number of aromatic nitrogens is 1. The zero-order chi connectivity index (χ0) is 14.8. The van der Waals surface area contributed by atoms with Crippen molar-refractivity contribution in [2.24, 2.45) is 0 Å². The molecule has 1 aliphatic heterocycles. The molecule has 0 unspecified atom stereocenters. The van der Waals surface area contributed by atoms with Gasteiger partial charge < -0.3 is 14.0 Å². The minimum Gasteiger partial charge on any atom is -0.473 e. The van der Waals surface area contributed by atoms with Crippen LogP contribution in [0.3, 0.4) is 0 Å². The summed E-state index contributed by atoms with van der Waals surface area (Å²) in [6, 6.07) is 3.82. The van der Waals surface area contributed by atoms with E-state index in [2.05, 4.69) is 9.68 Å². The molecule has 3 rings (SSSR count). The number of hydrogen-bond donors (Lipinski definition) is 0. The van der Waals surface area contributed by atoms with Crippen molar-refractivity contribution in [1.82, 2.24) is 5.16 Å². The highest BCUT2D eigenvalue weighted by molar-refractivity contribution is 5.90. The third kappa shape index (κ3) is 2.78. The van der Waals surface area contributed by atoms with E-state index in [4.69, 9.17) is 9.47 Å². The zero-order valence-corrected chi connectivity index (χ0v) is 10.7. The number of ether oxygens (including phenoxy) is 2. The number of rotatable bonds is 4. The zero-order valence-electron chi connectivity index (χ0n) is 10.7. The smallest absolute Gasteiger partial charge is 0.414 e. The lowest BCUT2D eigenvalue weighted by Crippen LogP contribution is -2.38. The Bertz CT molecular complexity index is 627. The second kappa shape index (κ2) is 5.39. The molecule has 0 spiro atoms. The van der Waals surface area contributed by atoms with Crippen LogP contribution in [0.1, 0.15) is 0 Å². The largest absolute Gasteiger partial charge is 0.473 e. The maximum absolute atomic E-state index is 13.3. The molecule has 0 bridgehead atoms. The highest BCUT2D eigenvalue weighted by Crippen LogP contribution is 2.25. The molecule has 0 N–H and O–H groups in total. The summed E-state index contributed by atoms with van der Waals surface area (Å²) < 4.78 is 41.4. The monoisotopic (exact) mass is 296 g/mol. The number of hydrogen-bond acceptors (Lipinski definition) is 5. The second-order valence-electron chi connectivity index (χ2n) is 4.38. The molecule has 0 saturated carbocycles. The SMILES string of the molecule is O=C1OC[C@@H](COc2ccon2)N1c1cc(F)cc(F)c1. The summed E-state index contributed by atoms with van der Waals surface area (Å²) in [6.45, 7) is 0.102. The Kier molecular flexibility index (Phi) is 3.43. The van der Waals surface area contributed by atoms with Crippen molar-refractivity contribution in [2.75, 3.05) is 18.1 Å². The van der Waals surface area contributed by atoms with E-state index in [-0.39, 0.29) is 24.8 Å². The number of cyclic esters (lactones) is 1. The number of benzene rings is 1. The van der Waals surface area contributed by atoms with E-state index in [1.165, 1.54) is 12.3 Å². The first kappa shape index (κ1) is 13.3. The van der Waals surface area contributed by atoms with Gasteiger partial charge in [0.1, 0.15) is 37.2 Å². The van der Waals surface area contributed by atoms with Gasteiger partial charge in [-0.05, 0) is 17.3 Å². The van der Waals surface area contributed by atoms with E-state index in [0.717, 1.165) is 23.1 Å². The molecule has 1 amide bonds. The molecule has 0 radical (unpaired) electrons. The number of nitrogens with zero attached hydrogens (tertiary/aromatic N) is 2. The molecule has 2 heterocycles. The van der Waals surface area contributed by atoms with Crippen LogP contribution in [0.4, 0.5) is 19.3 Å². The van der Waals surface area contributed by atoms with Crippen molar-refractivity contribution in [3.63, 3.8) is 0 Å². The Labute approximate surface area is 117 Å². The average Bonchev–Trinajstić information content (AvgIpc) is 3.04. The summed E-state index contributed by atoms with van der Waals surface area (Å²) in [5.74, 6) is -1.30. The van der Waals surface area contributed by atoms with Crippen LogP contribution in [0.2, 0.25) is 0 Å². The molecule has 1 aromatic heterocycles. The van der Waals surface area contributed by atoms with E-state index in [9.17, 15) is 13.6 Å². The van der Waals surface area contributed by atoms with Crippen LogP contribution in [-0.2, 0) is 4.74 Å². The van der Waals surface area contributed by atoms with Gasteiger partial charge in [0.15, 0.2) is 0 Å². The van der Waals surface area contributed by atoms with E-state index < -0.39 is 23.8 Å². The van der Waals surface area contributed by atoms with Gasteiger partial charge in [0.05, 0.1) is 5.69 Å². The Balaban J connectivity index is 1.78. The van der Waals surface area contributed by atoms with Gasteiger partial charge in [-0.3, -0.25) is 4.90 Å². The molecular weight excluding hydrogens is 286 g/mol. The molecule has 1 fully saturated rings. The highest BCUT2D eigenvalue weighted by atomic mass is 19.1. The molecule has 1 aromatic carbocycles. The van der Waals surface area contributed by atoms with Crippen molar-refractivity contribution < 1.29 is 27.6 Å². The van der Waals surface area contributed by atoms with Crippen LogP contribution in [0.5, 0.6) is 5.88 Å². The first-order valence-electron chi connectivity index (χ1n) is 6.09. The first-order valence-corrected chi connectivity index (χ1v) is 6.09. The molecule has 0 aliphatic carbocycles. The molecule has 1 atom stereocenters. The molecular formula is C13H10F2N2O4. The number of amides is 1. The van der Waals surface area contributed by atoms with Crippen molar-refractivity contribution in [3.8, 4) is 5.88 Å². The molecule has 110 valence electrons. The van der Waals surface area contributed by atoms with Crippen LogP contribution < -0.4 is 9.64 Å². The third-order valence-electron chi connectivity index (χ3n) is 2.92. The van der Waals surface area contributed by atoms with E-state index in [1.807, 2.05) is 0 Å². The second-order valence-corrected chi connectivity index (χ2v) is 4.38. The summed E-state index contributed by atoms with van der Waals surface area (Å²) in [5.41, 5.74) is 0.0729. The third-order valence-corrected chi connectivity index (χ3v) is 2.92. The quantitative estimate of drug-likeness (QED) is 0.866. The average molecular weight is 296 g/mol.